The molecule has 1 aliphatic rings. The van der Waals surface area contributed by atoms with Crippen molar-refractivity contribution in [3.8, 4) is 11.3 Å². The molecule has 2 aromatic heterocycles. The van der Waals surface area contributed by atoms with Crippen molar-refractivity contribution in [1.82, 2.24) is 25.1 Å². The van der Waals surface area contributed by atoms with Crippen LogP contribution in [0, 0.1) is 11.6 Å². The van der Waals surface area contributed by atoms with Gasteiger partial charge in [0.05, 0.1) is 11.1 Å². The molecule has 0 aliphatic carbocycles. The lowest BCUT2D eigenvalue weighted by Crippen LogP contribution is -2.36. The summed E-state index contributed by atoms with van der Waals surface area (Å²) in [5, 5.41) is 7.15. The minimum absolute atomic E-state index is 0.173. The summed E-state index contributed by atoms with van der Waals surface area (Å²) in [5.74, 6) is -1.51. The first kappa shape index (κ1) is 17.4. The Balaban J connectivity index is 1.51. The van der Waals surface area contributed by atoms with Gasteiger partial charge in [-0.25, -0.2) is 8.78 Å². The third kappa shape index (κ3) is 2.93. The molecule has 1 amide bonds. The zero-order valence-electron chi connectivity index (χ0n) is 15.2. The summed E-state index contributed by atoms with van der Waals surface area (Å²) in [6.45, 7) is 0.767. The molecular weight excluding hydrogens is 376 g/mol. The van der Waals surface area contributed by atoms with E-state index in [1.165, 1.54) is 12.1 Å². The molecule has 29 heavy (non-hydrogen) atoms. The van der Waals surface area contributed by atoms with Crippen LogP contribution in [-0.2, 0) is 13.0 Å². The third-order valence-electron chi connectivity index (χ3n) is 5.14. The number of aromatic nitrogens is 4. The highest BCUT2D eigenvalue weighted by Gasteiger charge is 2.28. The predicted octanol–water partition coefficient (Wildman–Crippen LogP) is 3.50. The molecule has 1 N–H and O–H groups in total. The van der Waals surface area contributed by atoms with Gasteiger partial charge in [-0.2, -0.15) is 5.10 Å². The average molecular weight is 391 g/mol. The molecule has 0 spiro atoms. The first-order chi connectivity index (χ1) is 14.1. The van der Waals surface area contributed by atoms with Crippen LogP contribution >= 0.6 is 0 Å². The number of halogens is 2. The van der Waals surface area contributed by atoms with Crippen LogP contribution in [0.3, 0.4) is 0 Å². The van der Waals surface area contributed by atoms with E-state index in [-0.39, 0.29) is 18.0 Å². The standard InChI is InChI=1S/C21H15F2N5O/c22-12-4-5-13(16(23)10-12)19-15-11-28(9-6-17(15)26-27-19)21(29)14-2-1-3-18-20(14)25-8-7-24-18/h1-5,7-8,10H,6,9,11H2,(H,26,27). The van der Waals surface area contributed by atoms with E-state index in [1.54, 1.807) is 35.5 Å². The minimum atomic E-state index is -0.688. The summed E-state index contributed by atoms with van der Waals surface area (Å²) in [4.78, 5) is 23.4. The van der Waals surface area contributed by atoms with Gasteiger partial charge in [-0.05, 0) is 24.3 Å². The van der Waals surface area contributed by atoms with Crippen molar-refractivity contribution < 1.29 is 13.6 Å². The molecule has 1 aliphatic heterocycles. The highest BCUT2D eigenvalue weighted by molar-refractivity contribution is 6.04. The van der Waals surface area contributed by atoms with E-state index in [0.717, 1.165) is 17.3 Å². The molecule has 2 aromatic carbocycles. The maximum absolute atomic E-state index is 14.3. The van der Waals surface area contributed by atoms with Crippen molar-refractivity contribution in [3.05, 3.63) is 77.2 Å². The van der Waals surface area contributed by atoms with Crippen molar-refractivity contribution in [1.29, 1.82) is 0 Å². The number of amides is 1. The molecule has 0 radical (unpaired) electrons. The number of fused-ring (bicyclic) bond motifs is 2. The maximum atomic E-state index is 14.3. The Morgan fingerprint density at radius 3 is 2.83 bits per heavy atom. The summed E-state index contributed by atoms with van der Waals surface area (Å²) in [5.41, 5.74) is 3.85. The van der Waals surface area contributed by atoms with Crippen LogP contribution in [0.2, 0.25) is 0 Å². The number of carbonyl (C=O) groups excluding carboxylic acids is 1. The van der Waals surface area contributed by atoms with Gasteiger partial charge in [-0.15, -0.1) is 0 Å². The first-order valence-corrected chi connectivity index (χ1v) is 9.12. The molecule has 0 fully saturated rings. The Hall–Kier alpha value is -3.68. The molecule has 6 nitrogen and oxygen atoms in total. The second-order valence-corrected chi connectivity index (χ2v) is 6.86. The molecule has 0 saturated heterocycles. The Labute approximate surface area is 164 Å². The number of rotatable bonds is 2. The Kier molecular flexibility index (Phi) is 4.04. The molecule has 0 unspecified atom stereocenters. The fourth-order valence-electron chi connectivity index (χ4n) is 3.71. The van der Waals surface area contributed by atoms with Crippen molar-refractivity contribution >= 4 is 16.9 Å². The lowest BCUT2D eigenvalue weighted by Gasteiger charge is -2.27. The zero-order chi connectivity index (χ0) is 20.0. The van der Waals surface area contributed by atoms with Gasteiger partial charge in [0.1, 0.15) is 22.8 Å². The van der Waals surface area contributed by atoms with E-state index in [2.05, 4.69) is 20.2 Å². The normalized spacial score (nSPS) is 13.5. The number of aromatic amines is 1. The molecule has 0 saturated carbocycles. The van der Waals surface area contributed by atoms with Crippen LogP contribution in [-0.4, -0.2) is 37.5 Å². The van der Waals surface area contributed by atoms with E-state index in [0.29, 0.717) is 35.3 Å². The molecule has 3 heterocycles. The largest absolute Gasteiger partial charge is 0.334 e. The van der Waals surface area contributed by atoms with Crippen LogP contribution in [0.5, 0.6) is 0 Å². The predicted molar refractivity (Wildman–Crippen MR) is 102 cm³/mol. The summed E-state index contributed by atoms with van der Waals surface area (Å²) in [7, 11) is 0. The average Bonchev–Trinajstić information content (AvgIpc) is 3.16. The summed E-state index contributed by atoms with van der Waals surface area (Å²) >= 11 is 0. The molecule has 0 atom stereocenters. The number of hydrogen-bond acceptors (Lipinski definition) is 4. The lowest BCUT2D eigenvalue weighted by molar-refractivity contribution is 0.0736. The number of benzene rings is 2. The number of para-hydroxylation sites is 1. The van der Waals surface area contributed by atoms with E-state index in [4.69, 9.17) is 0 Å². The second kappa shape index (κ2) is 6.73. The van der Waals surface area contributed by atoms with Crippen molar-refractivity contribution in [2.24, 2.45) is 0 Å². The molecular formula is C21H15F2N5O. The summed E-state index contributed by atoms with van der Waals surface area (Å²) in [6, 6.07) is 8.69. The van der Waals surface area contributed by atoms with Crippen LogP contribution in [0.1, 0.15) is 21.6 Å². The Morgan fingerprint density at radius 1 is 1.10 bits per heavy atom. The maximum Gasteiger partial charge on any atom is 0.256 e. The van der Waals surface area contributed by atoms with Crippen molar-refractivity contribution in [2.45, 2.75) is 13.0 Å². The van der Waals surface area contributed by atoms with Crippen LogP contribution in [0.4, 0.5) is 8.78 Å². The van der Waals surface area contributed by atoms with E-state index >= 15 is 0 Å². The summed E-state index contributed by atoms with van der Waals surface area (Å²) in [6.07, 6.45) is 3.70. The second-order valence-electron chi connectivity index (χ2n) is 6.86. The zero-order valence-corrected chi connectivity index (χ0v) is 15.2. The van der Waals surface area contributed by atoms with Gasteiger partial charge < -0.3 is 4.90 Å². The van der Waals surface area contributed by atoms with Gasteiger partial charge in [0.25, 0.3) is 5.91 Å². The molecule has 8 heteroatoms. The quantitative estimate of drug-likeness (QED) is 0.568. The lowest BCUT2D eigenvalue weighted by atomic mass is 9.99. The van der Waals surface area contributed by atoms with Gasteiger partial charge in [-0.1, -0.05) is 6.07 Å². The molecule has 5 rings (SSSR count). The Morgan fingerprint density at radius 2 is 1.97 bits per heavy atom. The van der Waals surface area contributed by atoms with Gasteiger partial charge in [0.2, 0.25) is 0 Å². The van der Waals surface area contributed by atoms with Gasteiger partial charge in [0, 0.05) is 54.8 Å². The number of nitrogens with zero attached hydrogens (tertiary/aromatic N) is 4. The third-order valence-corrected chi connectivity index (χ3v) is 5.14. The van der Waals surface area contributed by atoms with Crippen molar-refractivity contribution in [3.63, 3.8) is 0 Å². The van der Waals surface area contributed by atoms with Gasteiger partial charge in [-0.3, -0.25) is 19.9 Å². The highest BCUT2D eigenvalue weighted by atomic mass is 19.1. The first-order valence-electron chi connectivity index (χ1n) is 9.12. The fourth-order valence-corrected chi connectivity index (χ4v) is 3.71. The monoisotopic (exact) mass is 391 g/mol. The molecule has 144 valence electrons. The minimum Gasteiger partial charge on any atom is -0.334 e. The van der Waals surface area contributed by atoms with E-state index < -0.39 is 11.6 Å². The number of H-pyrrole nitrogens is 1. The molecule has 4 aromatic rings. The number of nitrogens with one attached hydrogen (secondary N) is 1. The number of carbonyl (C=O) groups is 1. The number of hydrogen-bond donors (Lipinski definition) is 1. The van der Waals surface area contributed by atoms with E-state index in [9.17, 15) is 13.6 Å². The van der Waals surface area contributed by atoms with E-state index in [1.807, 2.05) is 0 Å². The fraction of sp³-hybridized carbons (Fsp3) is 0.143. The van der Waals surface area contributed by atoms with Crippen LogP contribution < -0.4 is 0 Å². The Bertz CT molecular complexity index is 1250. The SMILES string of the molecule is O=C(c1cccc2nccnc12)N1CCc2[nH]nc(-c3ccc(F)cc3F)c2C1. The smallest absolute Gasteiger partial charge is 0.256 e. The summed E-state index contributed by atoms with van der Waals surface area (Å²) < 4.78 is 27.6. The topological polar surface area (TPSA) is 74.8 Å². The molecule has 0 bridgehead atoms. The van der Waals surface area contributed by atoms with Crippen LogP contribution in [0.15, 0.2) is 48.8 Å². The van der Waals surface area contributed by atoms with Crippen molar-refractivity contribution in [2.75, 3.05) is 6.54 Å². The highest BCUT2D eigenvalue weighted by Crippen LogP contribution is 2.31. The van der Waals surface area contributed by atoms with Crippen LogP contribution in [0.25, 0.3) is 22.3 Å². The van der Waals surface area contributed by atoms with Gasteiger partial charge >= 0.3 is 0 Å². The van der Waals surface area contributed by atoms with Gasteiger partial charge in [0.15, 0.2) is 0 Å².